The van der Waals surface area contributed by atoms with Crippen molar-refractivity contribution in [3.05, 3.63) is 72.6 Å². The van der Waals surface area contributed by atoms with Crippen molar-refractivity contribution in [2.24, 2.45) is 17.8 Å². The van der Waals surface area contributed by atoms with Crippen LogP contribution in [0.1, 0.15) is 104 Å². The minimum atomic E-state index is -0.710. The maximum Gasteiger partial charge on any atom is 0.407 e. The Bertz CT molecular complexity index is 2240. The van der Waals surface area contributed by atoms with Crippen LogP contribution in [-0.2, 0) is 14.3 Å². The van der Waals surface area contributed by atoms with Crippen LogP contribution in [0, 0.1) is 17.8 Å². The number of alkyl carbamates (subject to hydrolysis) is 1. The monoisotopic (exact) mass is 863 g/mol. The highest BCUT2D eigenvalue weighted by molar-refractivity contribution is 8.00. The molecule has 4 aliphatic heterocycles. The number of amides is 5. The van der Waals surface area contributed by atoms with Gasteiger partial charge in [0.05, 0.1) is 55.1 Å². The van der Waals surface area contributed by atoms with Gasteiger partial charge in [-0.15, -0.1) is 0 Å². The Morgan fingerprint density at radius 2 is 1.32 bits per heavy atom. The number of H-pyrrole nitrogens is 2. The number of nitrogens with zero attached hydrogens (tertiary/aromatic N) is 4. The summed E-state index contributed by atoms with van der Waals surface area (Å²) in [5, 5.41) is 9.22. The first kappa shape index (κ1) is 43.3. The number of likely N-dealkylation sites (tertiary alicyclic amines) is 2. The number of methoxy groups -OCH3 is 1. The lowest BCUT2D eigenvalue weighted by Gasteiger charge is -2.33. The van der Waals surface area contributed by atoms with Crippen molar-refractivity contribution in [2.45, 2.75) is 128 Å². The number of thioether (sulfide) groups is 1. The SMILES string of the molecule is COC(=O)N[C@H](C(=O)N1[C@H](C)[C@H](C)C[C@H]1c1ncc(-c2ccc(-c3ccc(-c4cnc([C@@H]5C[C@@H](C)[C@@H](C)N5C(=O)CCCC[C@@H]5SC[C@@H]6NC(=O)N[C@@H]65)[nH]4)cc3)cc2)[nH]1)C(C)C. The van der Waals surface area contributed by atoms with Gasteiger partial charge in [0.2, 0.25) is 11.8 Å². The van der Waals surface area contributed by atoms with Crippen molar-refractivity contribution in [1.29, 1.82) is 0 Å². The molecule has 15 heteroatoms. The number of imidazole rings is 2. The molecule has 0 saturated carbocycles. The molecule has 10 atom stereocenters. The summed E-state index contributed by atoms with van der Waals surface area (Å²) in [6.07, 6.45) is 8.02. The molecule has 5 N–H and O–H groups in total. The van der Waals surface area contributed by atoms with Gasteiger partial charge >= 0.3 is 12.1 Å². The van der Waals surface area contributed by atoms with Crippen molar-refractivity contribution < 1.29 is 23.9 Å². The van der Waals surface area contributed by atoms with E-state index in [1.54, 1.807) is 0 Å². The van der Waals surface area contributed by atoms with Gasteiger partial charge in [-0.3, -0.25) is 9.59 Å². The molecule has 0 aliphatic carbocycles. The molecule has 6 heterocycles. The Morgan fingerprint density at radius 1 is 0.790 bits per heavy atom. The lowest BCUT2D eigenvalue weighted by Crippen LogP contribution is -2.53. The average molecular weight is 864 g/mol. The molecule has 4 aliphatic rings. The molecule has 0 unspecified atom stereocenters. The fraction of sp³-hybridized carbons (Fsp3) is 0.532. The van der Waals surface area contributed by atoms with Crippen LogP contribution in [0.5, 0.6) is 0 Å². The van der Waals surface area contributed by atoms with Gasteiger partial charge in [-0.25, -0.2) is 19.6 Å². The standard InChI is InChI=1S/C47H61N9O5S/c1-25(2)41(54-47(60)61-7)45(58)56-29(6)27(4)21-38(56)44-49-23-35(51-44)33-18-14-31(15-19-33)30-12-16-32(17-13-30)34-22-48-43(50-34)37-20-26(3)28(5)55(37)40(57)11-9-8-10-39-42-36(24-62-39)52-46(59)53-42/h12-19,22-23,25-29,36-39,41-42H,8-11,20-21,24H2,1-7H3,(H,48,50)(H,49,51)(H,54,60)(H2,52,53,59)/t26-,27-,28-,29-,36+,37+,38+,39+,41+,42+/m1/s1. The van der Waals surface area contributed by atoms with Crippen molar-refractivity contribution in [3.63, 3.8) is 0 Å². The average Bonchev–Trinajstić information content (AvgIpc) is 4.14. The Labute approximate surface area is 368 Å². The summed E-state index contributed by atoms with van der Waals surface area (Å²) < 4.78 is 4.81. The molecule has 4 fully saturated rings. The smallest absolute Gasteiger partial charge is 0.407 e. The summed E-state index contributed by atoms with van der Waals surface area (Å²) in [7, 11) is 1.30. The van der Waals surface area contributed by atoms with E-state index in [0.29, 0.717) is 17.6 Å². The van der Waals surface area contributed by atoms with E-state index in [-0.39, 0.29) is 65.9 Å². The van der Waals surface area contributed by atoms with Gasteiger partial charge < -0.3 is 40.5 Å². The van der Waals surface area contributed by atoms with Crippen LogP contribution >= 0.6 is 11.8 Å². The number of rotatable bonds is 13. The molecule has 4 saturated heterocycles. The van der Waals surface area contributed by atoms with E-state index in [0.717, 1.165) is 83.1 Å². The number of hydrogen-bond acceptors (Lipinski definition) is 8. The van der Waals surface area contributed by atoms with Gasteiger partial charge in [0.15, 0.2) is 0 Å². The van der Waals surface area contributed by atoms with E-state index in [1.165, 1.54) is 7.11 Å². The van der Waals surface area contributed by atoms with Crippen LogP contribution < -0.4 is 16.0 Å². The summed E-state index contributed by atoms with van der Waals surface area (Å²) in [5.41, 5.74) is 5.96. The molecule has 2 aromatic heterocycles. The predicted molar refractivity (Wildman–Crippen MR) is 241 cm³/mol. The van der Waals surface area contributed by atoms with Crippen molar-refractivity contribution in [2.75, 3.05) is 12.9 Å². The molecule has 8 rings (SSSR count). The number of carbonyl (C=O) groups excluding carboxylic acids is 4. The minimum absolute atomic E-state index is 0.0251. The second-order valence-corrected chi connectivity index (χ2v) is 19.5. The highest BCUT2D eigenvalue weighted by atomic mass is 32.2. The third kappa shape index (κ3) is 8.69. The van der Waals surface area contributed by atoms with Crippen LogP contribution in [0.25, 0.3) is 33.6 Å². The normalized spacial score (nSPS) is 27.3. The van der Waals surface area contributed by atoms with Gasteiger partial charge in [-0.05, 0) is 79.5 Å². The zero-order valence-corrected chi connectivity index (χ0v) is 37.6. The van der Waals surface area contributed by atoms with E-state index in [4.69, 9.17) is 14.7 Å². The van der Waals surface area contributed by atoms with Gasteiger partial charge in [0.25, 0.3) is 0 Å². The Kier molecular flexibility index (Phi) is 12.7. The quantitative estimate of drug-likeness (QED) is 0.0667. The number of hydrogen-bond donors (Lipinski definition) is 5. The molecule has 0 spiro atoms. The third-order valence-corrected chi connectivity index (χ3v) is 15.4. The molecular formula is C47H61N9O5S. The van der Waals surface area contributed by atoms with Crippen LogP contribution in [0.2, 0.25) is 0 Å². The van der Waals surface area contributed by atoms with Crippen molar-refractivity contribution in [3.8, 4) is 33.6 Å². The van der Waals surface area contributed by atoms with Crippen molar-refractivity contribution >= 4 is 35.7 Å². The summed E-state index contributed by atoms with van der Waals surface area (Å²) in [5.74, 6) is 3.05. The molecule has 62 heavy (non-hydrogen) atoms. The van der Waals surface area contributed by atoms with E-state index in [2.05, 4.69) is 107 Å². The lowest BCUT2D eigenvalue weighted by molar-refractivity contribution is -0.137. The summed E-state index contributed by atoms with van der Waals surface area (Å²) in [6, 6.07) is 16.2. The molecular weight excluding hydrogens is 803 g/mol. The number of aromatic amines is 2. The maximum atomic E-state index is 13.9. The zero-order valence-electron chi connectivity index (χ0n) is 36.8. The lowest BCUT2D eigenvalue weighted by atomic mass is 10.0. The van der Waals surface area contributed by atoms with Crippen LogP contribution in [0.4, 0.5) is 9.59 Å². The number of aromatic nitrogens is 4. The summed E-state index contributed by atoms with van der Waals surface area (Å²) in [6.45, 7) is 12.4. The number of ether oxygens (including phenoxy) is 1. The second-order valence-electron chi connectivity index (χ2n) is 18.2. The zero-order chi connectivity index (χ0) is 43.8. The van der Waals surface area contributed by atoms with Gasteiger partial charge in [0, 0.05) is 29.5 Å². The number of benzene rings is 2. The molecule has 4 aromatic rings. The van der Waals surface area contributed by atoms with Gasteiger partial charge in [-0.2, -0.15) is 11.8 Å². The van der Waals surface area contributed by atoms with E-state index in [1.807, 2.05) is 42.9 Å². The van der Waals surface area contributed by atoms with E-state index < -0.39 is 12.1 Å². The number of nitrogens with one attached hydrogen (secondary N) is 5. The first-order valence-electron chi connectivity index (χ1n) is 22.3. The summed E-state index contributed by atoms with van der Waals surface area (Å²) in [4.78, 5) is 72.1. The Hall–Kier alpha value is -5.31. The number of carbonyl (C=O) groups is 4. The van der Waals surface area contributed by atoms with E-state index in [9.17, 15) is 19.2 Å². The van der Waals surface area contributed by atoms with Gasteiger partial charge in [0.1, 0.15) is 17.7 Å². The largest absolute Gasteiger partial charge is 0.453 e. The second kappa shape index (κ2) is 18.2. The number of fused-ring (bicyclic) bond motifs is 1. The topological polar surface area (TPSA) is 177 Å². The predicted octanol–water partition coefficient (Wildman–Crippen LogP) is 7.84. The molecule has 14 nitrogen and oxygen atoms in total. The molecule has 330 valence electrons. The first-order chi connectivity index (χ1) is 29.8. The number of unbranched alkanes of at least 4 members (excludes halogenated alkanes) is 1. The number of urea groups is 1. The van der Waals surface area contributed by atoms with Crippen LogP contribution in [0.3, 0.4) is 0 Å². The first-order valence-corrected chi connectivity index (χ1v) is 23.3. The van der Waals surface area contributed by atoms with E-state index >= 15 is 0 Å². The van der Waals surface area contributed by atoms with Crippen molar-refractivity contribution in [1.82, 2.24) is 45.7 Å². The molecule has 0 radical (unpaired) electrons. The Morgan fingerprint density at radius 3 is 1.87 bits per heavy atom. The Balaban J connectivity index is 0.886. The fourth-order valence-electron chi connectivity index (χ4n) is 9.93. The van der Waals surface area contributed by atoms with Crippen LogP contribution in [-0.4, -0.2) is 102 Å². The molecule has 0 bridgehead atoms. The highest BCUT2D eigenvalue weighted by Crippen LogP contribution is 2.42. The third-order valence-electron chi connectivity index (χ3n) is 13.9. The fourth-order valence-corrected chi connectivity index (χ4v) is 11.5. The highest BCUT2D eigenvalue weighted by Gasteiger charge is 2.45. The minimum Gasteiger partial charge on any atom is -0.453 e. The molecule has 5 amide bonds. The molecule has 2 aromatic carbocycles. The van der Waals surface area contributed by atoms with Gasteiger partial charge in [-0.1, -0.05) is 82.6 Å². The summed E-state index contributed by atoms with van der Waals surface area (Å²) >= 11 is 1.92. The maximum absolute atomic E-state index is 13.9. The van der Waals surface area contributed by atoms with Crippen LogP contribution in [0.15, 0.2) is 60.9 Å².